The molecule has 1 heterocycles. The number of rotatable bonds is 1. The first-order valence-electron chi connectivity index (χ1n) is 6.24. The van der Waals surface area contributed by atoms with Crippen LogP contribution in [0.5, 0.6) is 0 Å². The van der Waals surface area contributed by atoms with E-state index in [4.69, 9.17) is 5.73 Å². The molecule has 0 bridgehead atoms. The van der Waals surface area contributed by atoms with E-state index in [0.29, 0.717) is 5.69 Å². The maximum absolute atomic E-state index is 12.3. The van der Waals surface area contributed by atoms with Crippen LogP contribution >= 0.6 is 0 Å². The third-order valence-corrected chi connectivity index (χ3v) is 3.68. The summed E-state index contributed by atoms with van der Waals surface area (Å²) in [6.45, 7) is 5.89. The van der Waals surface area contributed by atoms with E-state index in [9.17, 15) is 4.79 Å². The van der Waals surface area contributed by atoms with Crippen molar-refractivity contribution in [2.24, 2.45) is 5.92 Å². The van der Waals surface area contributed by atoms with E-state index in [0.717, 1.165) is 43.0 Å². The van der Waals surface area contributed by atoms with E-state index in [1.165, 1.54) is 0 Å². The predicted octanol–water partition coefficient (Wildman–Crippen LogP) is 2.45. The molecule has 3 nitrogen and oxygen atoms in total. The van der Waals surface area contributed by atoms with Crippen LogP contribution in [0.2, 0.25) is 0 Å². The fourth-order valence-corrected chi connectivity index (χ4v) is 2.27. The Bertz CT molecular complexity index is 420. The lowest BCUT2D eigenvalue weighted by atomic mass is 9.98. The fourth-order valence-electron chi connectivity index (χ4n) is 2.27. The Morgan fingerprint density at radius 2 is 2.00 bits per heavy atom. The van der Waals surface area contributed by atoms with E-state index in [-0.39, 0.29) is 5.91 Å². The van der Waals surface area contributed by atoms with Crippen LogP contribution in [0, 0.1) is 12.8 Å². The maximum atomic E-state index is 12.3. The highest BCUT2D eigenvalue weighted by atomic mass is 16.2. The molecule has 0 aliphatic carbocycles. The molecule has 2 N–H and O–H groups in total. The Morgan fingerprint density at radius 1 is 1.35 bits per heavy atom. The number of nitrogens with zero attached hydrogens (tertiary/aromatic N) is 1. The minimum atomic E-state index is 0.127. The molecule has 0 spiro atoms. The number of nitrogen functional groups attached to an aromatic ring is 1. The number of hydrogen-bond acceptors (Lipinski definition) is 2. The number of hydrogen-bond donors (Lipinski definition) is 1. The van der Waals surface area contributed by atoms with Gasteiger partial charge in [0.15, 0.2) is 0 Å². The third kappa shape index (κ3) is 2.43. The first-order valence-corrected chi connectivity index (χ1v) is 6.24. The smallest absolute Gasteiger partial charge is 0.254 e. The molecule has 3 heteroatoms. The largest absolute Gasteiger partial charge is 0.398 e. The van der Waals surface area contributed by atoms with E-state index in [1.807, 2.05) is 30.0 Å². The third-order valence-electron chi connectivity index (χ3n) is 3.68. The van der Waals surface area contributed by atoms with Gasteiger partial charge in [0.25, 0.3) is 5.91 Å². The van der Waals surface area contributed by atoms with E-state index in [2.05, 4.69) is 6.92 Å². The van der Waals surface area contributed by atoms with Crippen LogP contribution in [0.3, 0.4) is 0 Å². The summed E-state index contributed by atoms with van der Waals surface area (Å²) in [7, 11) is 0. The minimum Gasteiger partial charge on any atom is -0.398 e. The SMILES string of the molecule is Cc1c(N)cccc1C(=O)N1CCC(C)CC1. The zero-order chi connectivity index (χ0) is 12.4. The van der Waals surface area contributed by atoms with Crippen LogP contribution in [0.25, 0.3) is 0 Å². The summed E-state index contributed by atoms with van der Waals surface area (Å²) in [6.07, 6.45) is 2.21. The first kappa shape index (κ1) is 12.0. The normalized spacial score (nSPS) is 17.2. The van der Waals surface area contributed by atoms with Crippen LogP contribution in [-0.4, -0.2) is 23.9 Å². The fraction of sp³-hybridized carbons (Fsp3) is 0.500. The number of carbonyl (C=O) groups excluding carboxylic acids is 1. The first-order chi connectivity index (χ1) is 8.09. The molecule has 1 aliphatic heterocycles. The van der Waals surface area contributed by atoms with Crippen molar-refractivity contribution in [3.05, 3.63) is 29.3 Å². The van der Waals surface area contributed by atoms with Gasteiger partial charge in [0.05, 0.1) is 0 Å². The molecule has 0 radical (unpaired) electrons. The quantitative estimate of drug-likeness (QED) is 0.756. The van der Waals surface area contributed by atoms with Crippen molar-refractivity contribution in [3.63, 3.8) is 0 Å². The van der Waals surface area contributed by atoms with Gasteiger partial charge in [-0.1, -0.05) is 13.0 Å². The van der Waals surface area contributed by atoms with Gasteiger partial charge >= 0.3 is 0 Å². The molecule has 0 atom stereocenters. The van der Waals surface area contributed by atoms with Crippen LogP contribution in [0.1, 0.15) is 35.7 Å². The molecule has 92 valence electrons. The van der Waals surface area contributed by atoms with Gasteiger partial charge in [-0.05, 0) is 43.4 Å². The topological polar surface area (TPSA) is 46.3 Å². The van der Waals surface area contributed by atoms with Crippen molar-refractivity contribution in [1.82, 2.24) is 4.90 Å². The van der Waals surface area contributed by atoms with E-state index in [1.54, 1.807) is 0 Å². The molecule has 1 aromatic rings. The molecule has 0 unspecified atom stereocenters. The molecule has 1 fully saturated rings. The molecule has 1 aromatic carbocycles. The molecule has 1 amide bonds. The number of carbonyl (C=O) groups is 1. The number of piperidine rings is 1. The van der Waals surface area contributed by atoms with Crippen molar-refractivity contribution in [2.75, 3.05) is 18.8 Å². The Morgan fingerprint density at radius 3 is 2.65 bits per heavy atom. The summed E-state index contributed by atoms with van der Waals surface area (Å²) in [6, 6.07) is 5.55. The minimum absolute atomic E-state index is 0.127. The lowest BCUT2D eigenvalue weighted by Crippen LogP contribution is -2.38. The van der Waals surface area contributed by atoms with Crippen LogP contribution in [0.4, 0.5) is 5.69 Å². The Kier molecular flexibility index (Phi) is 3.36. The average Bonchev–Trinajstić information content (AvgIpc) is 2.33. The molecular formula is C14H20N2O. The molecular weight excluding hydrogens is 212 g/mol. The summed E-state index contributed by atoms with van der Waals surface area (Å²) in [5.74, 6) is 0.864. The lowest BCUT2D eigenvalue weighted by Gasteiger charge is -2.30. The number of nitrogens with two attached hydrogens (primary N) is 1. The highest BCUT2D eigenvalue weighted by Gasteiger charge is 2.22. The van der Waals surface area contributed by atoms with Gasteiger partial charge in [-0.3, -0.25) is 4.79 Å². The summed E-state index contributed by atoms with van der Waals surface area (Å²) in [5, 5.41) is 0. The van der Waals surface area contributed by atoms with Crippen molar-refractivity contribution in [1.29, 1.82) is 0 Å². The lowest BCUT2D eigenvalue weighted by molar-refractivity contribution is 0.0696. The van der Waals surface area contributed by atoms with Gasteiger partial charge in [0.1, 0.15) is 0 Å². The second-order valence-electron chi connectivity index (χ2n) is 4.99. The summed E-state index contributed by atoms with van der Waals surface area (Å²) >= 11 is 0. The standard InChI is InChI=1S/C14H20N2O/c1-10-6-8-16(9-7-10)14(17)12-4-3-5-13(15)11(12)2/h3-5,10H,6-9,15H2,1-2H3. The Balaban J connectivity index is 2.17. The highest BCUT2D eigenvalue weighted by Crippen LogP contribution is 2.21. The van der Waals surface area contributed by atoms with Crippen LogP contribution in [-0.2, 0) is 0 Å². The molecule has 0 saturated carbocycles. The second-order valence-corrected chi connectivity index (χ2v) is 4.99. The number of amides is 1. The second kappa shape index (κ2) is 4.78. The molecule has 1 aliphatic rings. The molecule has 1 saturated heterocycles. The summed E-state index contributed by atoms with van der Waals surface area (Å²) < 4.78 is 0. The van der Waals surface area contributed by atoms with Crippen molar-refractivity contribution in [3.8, 4) is 0 Å². The zero-order valence-electron chi connectivity index (χ0n) is 10.6. The van der Waals surface area contributed by atoms with Crippen molar-refractivity contribution < 1.29 is 4.79 Å². The van der Waals surface area contributed by atoms with Gasteiger partial charge in [-0.15, -0.1) is 0 Å². The van der Waals surface area contributed by atoms with E-state index < -0.39 is 0 Å². The van der Waals surface area contributed by atoms with Gasteiger partial charge < -0.3 is 10.6 Å². The monoisotopic (exact) mass is 232 g/mol. The van der Waals surface area contributed by atoms with Gasteiger partial charge in [-0.2, -0.15) is 0 Å². The predicted molar refractivity (Wildman–Crippen MR) is 69.9 cm³/mol. The number of benzene rings is 1. The molecule has 17 heavy (non-hydrogen) atoms. The Labute approximate surface area is 103 Å². The van der Waals surface area contributed by atoms with Crippen LogP contribution < -0.4 is 5.73 Å². The molecule has 0 aromatic heterocycles. The summed E-state index contributed by atoms with van der Waals surface area (Å²) in [4.78, 5) is 14.3. The van der Waals surface area contributed by atoms with Gasteiger partial charge in [0.2, 0.25) is 0 Å². The number of anilines is 1. The van der Waals surface area contributed by atoms with Gasteiger partial charge in [-0.25, -0.2) is 0 Å². The highest BCUT2D eigenvalue weighted by molar-refractivity contribution is 5.96. The van der Waals surface area contributed by atoms with Crippen LogP contribution in [0.15, 0.2) is 18.2 Å². The summed E-state index contributed by atoms with van der Waals surface area (Å²) in [5.41, 5.74) is 8.18. The average molecular weight is 232 g/mol. The van der Waals surface area contributed by atoms with E-state index >= 15 is 0 Å². The van der Waals surface area contributed by atoms with Gasteiger partial charge in [0, 0.05) is 24.3 Å². The van der Waals surface area contributed by atoms with Crippen molar-refractivity contribution >= 4 is 11.6 Å². The Hall–Kier alpha value is -1.51. The number of likely N-dealkylation sites (tertiary alicyclic amines) is 1. The van der Waals surface area contributed by atoms with Crippen molar-refractivity contribution in [2.45, 2.75) is 26.7 Å². The maximum Gasteiger partial charge on any atom is 0.254 e. The molecule has 2 rings (SSSR count). The zero-order valence-corrected chi connectivity index (χ0v) is 10.6.